The summed E-state index contributed by atoms with van der Waals surface area (Å²) in [7, 11) is 0. The monoisotopic (exact) mass is 182 g/mol. The van der Waals surface area contributed by atoms with Gasteiger partial charge in [-0.2, -0.15) is 0 Å². The van der Waals surface area contributed by atoms with E-state index < -0.39 is 0 Å². The van der Waals surface area contributed by atoms with E-state index in [1.165, 1.54) is 32.4 Å². The van der Waals surface area contributed by atoms with Crippen molar-refractivity contribution in [2.45, 2.75) is 45.2 Å². The largest absolute Gasteiger partial charge is 0.314 e. The number of hydrogen-bond acceptors (Lipinski definition) is 2. The maximum absolute atomic E-state index is 3.55. The van der Waals surface area contributed by atoms with E-state index in [0.717, 1.165) is 24.5 Å². The Morgan fingerprint density at radius 2 is 1.92 bits per heavy atom. The highest BCUT2D eigenvalue weighted by Crippen LogP contribution is 2.36. The molecule has 0 amide bonds. The van der Waals surface area contributed by atoms with E-state index in [0.29, 0.717) is 0 Å². The van der Waals surface area contributed by atoms with Crippen LogP contribution < -0.4 is 5.32 Å². The second kappa shape index (κ2) is 3.97. The molecule has 2 heteroatoms. The maximum Gasteiger partial charge on any atom is 0.0125 e. The molecular formula is C11H22N2. The zero-order valence-electron chi connectivity index (χ0n) is 8.92. The fourth-order valence-electron chi connectivity index (χ4n) is 2.54. The highest BCUT2D eigenvalue weighted by atomic mass is 15.2. The molecular weight excluding hydrogens is 160 g/mol. The van der Waals surface area contributed by atoms with Gasteiger partial charge in [-0.05, 0) is 44.8 Å². The van der Waals surface area contributed by atoms with E-state index in [9.17, 15) is 0 Å². The summed E-state index contributed by atoms with van der Waals surface area (Å²) in [5, 5.41) is 3.55. The smallest absolute Gasteiger partial charge is 0.0125 e. The predicted molar refractivity (Wildman–Crippen MR) is 55.8 cm³/mol. The lowest BCUT2D eigenvalue weighted by Gasteiger charge is -2.32. The van der Waals surface area contributed by atoms with Crippen LogP contribution in [0.4, 0.5) is 0 Å². The molecule has 1 heterocycles. The predicted octanol–water partition coefficient (Wildman–Crippen LogP) is 1.47. The van der Waals surface area contributed by atoms with Gasteiger partial charge in [0.05, 0.1) is 0 Å². The van der Waals surface area contributed by atoms with Gasteiger partial charge in [0.2, 0.25) is 0 Å². The average molecular weight is 182 g/mol. The highest BCUT2D eigenvalue weighted by Gasteiger charge is 2.38. The summed E-state index contributed by atoms with van der Waals surface area (Å²) in [6, 6.07) is 1.75. The quantitative estimate of drug-likeness (QED) is 0.711. The van der Waals surface area contributed by atoms with Gasteiger partial charge in [0, 0.05) is 12.1 Å². The summed E-state index contributed by atoms with van der Waals surface area (Å²) in [6.07, 6.45) is 4.17. The first-order chi connectivity index (χ1) is 6.31. The molecule has 0 aromatic rings. The molecule has 2 unspecified atom stereocenters. The maximum atomic E-state index is 3.55. The summed E-state index contributed by atoms with van der Waals surface area (Å²) in [5.74, 6) is 0.982. The van der Waals surface area contributed by atoms with Gasteiger partial charge in [0.1, 0.15) is 0 Å². The lowest BCUT2D eigenvalue weighted by Crippen LogP contribution is -2.43. The molecule has 1 aliphatic heterocycles. The lowest BCUT2D eigenvalue weighted by atomic mass is 10.0. The van der Waals surface area contributed by atoms with Crippen LogP contribution in [0.1, 0.15) is 33.1 Å². The molecule has 0 aromatic heterocycles. The molecule has 1 aliphatic carbocycles. The second-order valence-corrected chi connectivity index (χ2v) is 4.65. The summed E-state index contributed by atoms with van der Waals surface area (Å²) in [4.78, 5) is 2.69. The van der Waals surface area contributed by atoms with Crippen LogP contribution in [-0.2, 0) is 0 Å². The third kappa shape index (κ3) is 2.23. The number of nitrogens with one attached hydrogen (secondary N) is 1. The van der Waals surface area contributed by atoms with Gasteiger partial charge in [-0.1, -0.05) is 13.8 Å². The Morgan fingerprint density at radius 3 is 2.38 bits per heavy atom. The summed E-state index contributed by atoms with van der Waals surface area (Å²) >= 11 is 0. The first kappa shape index (κ1) is 9.47. The van der Waals surface area contributed by atoms with E-state index >= 15 is 0 Å². The Labute approximate surface area is 81.7 Å². The van der Waals surface area contributed by atoms with E-state index in [4.69, 9.17) is 0 Å². The molecule has 2 aliphatic rings. The molecule has 1 saturated carbocycles. The van der Waals surface area contributed by atoms with Crippen molar-refractivity contribution in [1.82, 2.24) is 10.2 Å². The Bertz CT molecular complexity index is 161. The Kier molecular flexibility index (Phi) is 2.89. The first-order valence-corrected chi connectivity index (χ1v) is 5.78. The van der Waals surface area contributed by atoms with Crippen LogP contribution >= 0.6 is 0 Å². The first-order valence-electron chi connectivity index (χ1n) is 5.78. The van der Waals surface area contributed by atoms with Crippen LogP contribution in [0.15, 0.2) is 0 Å². The number of nitrogens with zero attached hydrogens (tertiary/aromatic N) is 1. The fourth-order valence-corrected chi connectivity index (χ4v) is 2.54. The second-order valence-electron chi connectivity index (χ2n) is 4.65. The minimum Gasteiger partial charge on any atom is -0.314 e. The molecule has 0 bridgehead atoms. The summed E-state index contributed by atoms with van der Waals surface area (Å²) < 4.78 is 0. The van der Waals surface area contributed by atoms with Gasteiger partial charge in [-0.15, -0.1) is 0 Å². The SMILES string of the molecule is CCNC1CCN(C2CC2C)CC1. The summed E-state index contributed by atoms with van der Waals surface area (Å²) in [6.45, 7) is 8.36. The Morgan fingerprint density at radius 1 is 1.31 bits per heavy atom. The molecule has 0 radical (unpaired) electrons. The molecule has 2 fully saturated rings. The number of likely N-dealkylation sites (tertiary alicyclic amines) is 1. The molecule has 2 rings (SSSR count). The van der Waals surface area contributed by atoms with Gasteiger partial charge < -0.3 is 5.32 Å². The number of rotatable bonds is 3. The number of piperidine rings is 1. The minimum absolute atomic E-state index is 0.801. The fraction of sp³-hybridized carbons (Fsp3) is 1.00. The zero-order valence-corrected chi connectivity index (χ0v) is 8.92. The van der Waals surface area contributed by atoms with Gasteiger partial charge in [0.15, 0.2) is 0 Å². The molecule has 2 nitrogen and oxygen atoms in total. The molecule has 0 aromatic carbocycles. The van der Waals surface area contributed by atoms with Crippen molar-refractivity contribution in [2.75, 3.05) is 19.6 Å². The minimum atomic E-state index is 0.801. The highest BCUT2D eigenvalue weighted by molar-refractivity contribution is 4.94. The van der Waals surface area contributed by atoms with Gasteiger partial charge in [-0.25, -0.2) is 0 Å². The van der Waals surface area contributed by atoms with Gasteiger partial charge >= 0.3 is 0 Å². The van der Waals surface area contributed by atoms with Crippen molar-refractivity contribution in [3.8, 4) is 0 Å². The molecule has 1 N–H and O–H groups in total. The van der Waals surface area contributed by atoms with E-state index in [-0.39, 0.29) is 0 Å². The van der Waals surface area contributed by atoms with Crippen molar-refractivity contribution in [3.63, 3.8) is 0 Å². The molecule has 2 atom stereocenters. The normalized spacial score (nSPS) is 36.5. The molecule has 13 heavy (non-hydrogen) atoms. The third-order valence-corrected chi connectivity index (χ3v) is 3.56. The van der Waals surface area contributed by atoms with Crippen LogP contribution in [0, 0.1) is 5.92 Å². The molecule has 0 spiro atoms. The standard InChI is InChI=1S/C11H22N2/c1-3-12-10-4-6-13(7-5-10)11-8-9(11)2/h9-12H,3-8H2,1-2H3. The molecule has 76 valence electrons. The van der Waals surface area contributed by atoms with Crippen molar-refractivity contribution in [1.29, 1.82) is 0 Å². The van der Waals surface area contributed by atoms with Gasteiger partial charge in [0.25, 0.3) is 0 Å². The average Bonchev–Trinajstić information content (AvgIpc) is 2.85. The van der Waals surface area contributed by atoms with Crippen LogP contribution in [0.2, 0.25) is 0 Å². The van der Waals surface area contributed by atoms with Crippen LogP contribution in [0.25, 0.3) is 0 Å². The van der Waals surface area contributed by atoms with E-state index in [2.05, 4.69) is 24.1 Å². The van der Waals surface area contributed by atoms with Gasteiger partial charge in [-0.3, -0.25) is 4.90 Å². The van der Waals surface area contributed by atoms with Crippen LogP contribution in [0.3, 0.4) is 0 Å². The van der Waals surface area contributed by atoms with Crippen LogP contribution in [-0.4, -0.2) is 36.6 Å². The van der Waals surface area contributed by atoms with Crippen molar-refractivity contribution >= 4 is 0 Å². The van der Waals surface area contributed by atoms with Crippen molar-refractivity contribution < 1.29 is 0 Å². The van der Waals surface area contributed by atoms with Crippen molar-refractivity contribution in [3.05, 3.63) is 0 Å². The topological polar surface area (TPSA) is 15.3 Å². The molecule has 1 saturated heterocycles. The van der Waals surface area contributed by atoms with E-state index in [1.54, 1.807) is 0 Å². The third-order valence-electron chi connectivity index (χ3n) is 3.56. The summed E-state index contributed by atoms with van der Waals surface area (Å²) in [5.41, 5.74) is 0. The van der Waals surface area contributed by atoms with Crippen molar-refractivity contribution in [2.24, 2.45) is 5.92 Å². The van der Waals surface area contributed by atoms with E-state index in [1.807, 2.05) is 0 Å². The Hall–Kier alpha value is -0.0800. The lowest BCUT2D eigenvalue weighted by molar-refractivity contribution is 0.184. The zero-order chi connectivity index (χ0) is 9.26. The number of hydrogen-bond donors (Lipinski definition) is 1. The Balaban J connectivity index is 1.70. The van der Waals surface area contributed by atoms with Crippen LogP contribution in [0.5, 0.6) is 0 Å².